The molecule has 0 aromatic heterocycles. The number of benzene rings is 1. The van der Waals surface area contributed by atoms with Crippen LogP contribution in [-0.2, 0) is 4.79 Å². The first-order valence-electron chi connectivity index (χ1n) is 7.80. The van der Waals surface area contributed by atoms with Crippen molar-refractivity contribution in [3.05, 3.63) is 39.4 Å². The van der Waals surface area contributed by atoms with Crippen molar-refractivity contribution in [2.45, 2.75) is 38.6 Å². The van der Waals surface area contributed by atoms with Crippen LogP contribution in [0.25, 0.3) is 6.08 Å². The number of hydrogen-bond donors (Lipinski definition) is 1. The Balaban J connectivity index is 2.19. The predicted molar refractivity (Wildman–Crippen MR) is 85.7 cm³/mol. The summed E-state index contributed by atoms with van der Waals surface area (Å²) >= 11 is 0. The normalized spacial score (nSPS) is 20.9. The van der Waals surface area contributed by atoms with E-state index in [0.29, 0.717) is 5.92 Å². The highest BCUT2D eigenvalue weighted by Crippen LogP contribution is 2.26. The number of carbonyl (C=O) groups is 1. The van der Waals surface area contributed by atoms with Crippen LogP contribution in [0.1, 0.15) is 38.2 Å². The van der Waals surface area contributed by atoms with Crippen molar-refractivity contribution in [2.24, 2.45) is 5.92 Å². The van der Waals surface area contributed by atoms with Gasteiger partial charge in [-0.3, -0.25) is 14.9 Å². The third-order valence-corrected chi connectivity index (χ3v) is 4.28. The summed E-state index contributed by atoms with van der Waals surface area (Å²) in [5.41, 5.74) is -0.451. The Bertz CT molecular complexity index is 721. The van der Waals surface area contributed by atoms with E-state index in [1.165, 1.54) is 12.1 Å². The van der Waals surface area contributed by atoms with Crippen LogP contribution >= 0.6 is 0 Å². The zero-order valence-corrected chi connectivity index (χ0v) is 13.3. The second-order valence-corrected chi connectivity index (χ2v) is 6.00. The van der Waals surface area contributed by atoms with Crippen molar-refractivity contribution in [3.63, 3.8) is 0 Å². The Labute approximate surface area is 139 Å². The van der Waals surface area contributed by atoms with Gasteiger partial charge in [0.15, 0.2) is 0 Å². The molecule has 7 heteroatoms. The molecule has 7 nitrogen and oxygen atoms in total. The van der Waals surface area contributed by atoms with Gasteiger partial charge in [0.05, 0.1) is 4.92 Å². The Morgan fingerprint density at radius 2 is 2.12 bits per heavy atom. The van der Waals surface area contributed by atoms with Gasteiger partial charge < -0.3 is 10.4 Å². The van der Waals surface area contributed by atoms with Crippen LogP contribution in [0.15, 0.2) is 23.8 Å². The fourth-order valence-corrected chi connectivity index (χ4v) is 2.86. The summed E-state index contributed by atoms with van der Waals surface area (Å²) in [4.78, 5) is 22.3. The van der Waals surface area contributed by atoms with Crippen LogP contribution in [0.5, 0.6) is 5.75 Å². The first kappa shape index (κ1) is 17.5. The molecule has 1 amide bonds. The van der Waals surface area contributed by atoms with Crippen LogP contribution in [-0.4, -0.2) is 16.9 Å². The van der Waals surface area contributed by atoms with E-state index in [1.807, 2.05) is 6.07 Å². The van der Waals surface area contributed by atoms with Gasteiger partial charge in [0.2, 0.25) is 0 Å². The van der Waals surface area contributed by atoms with Crippen LogP contribution in [0.4, 0.5) is 5.69 Å². The molecule has 1 fully saturated rings. The zero-order valence-electron chi connectivity index (χ0n) is 13.3. The number of nitrogens with zero attached hydrogens (tertiary/aromatic N) is 2. The van der Waals surface area contributed by atoms with E-state index in [0.717, 1.165) is 37.8 Å². The quantitative estimate of drug-likeness (QED) is 0.393. The molecule has 2 atom stereocenters. The lowest BCUT2D eigenvalue weighted by molar-refractivity contribution is -0.398. The molecule has 2 rings (SSSR count). The summed E-state index contributed by atoms with van der Waals surface area (Å²) in [6, 6.07) is 5.32. The summed E-state index contributed by atoms with van der Waals surface area (Å²) in [6.45, 7) is 2.07. The number of amides is 1. The minimum absolute atomic E-state index is 0.0290. The average Bonchev–Trinajstić information content (AvgIpc) is 2.55. The molecule has 0 aliphatic heterocycles. The van der Waals surface area contributed by atoms with E-state index >= 15 is 0 Å². The van der Waals surface area contributed by atoms with Gasteiger partial charge in [-0.05, 0) is 36.1 Å². The molecule has 1 aliphatic carbocycles. The molecule has 1 aromatic rings. The van der Waals surface area contributed by atoms with E-state index in [2.05, 4.69) is 12.2 Å². The fourth-order valence-electron chi connectivity index (χ4n) is 2.86. The second kappa shape index (κ2) is 7.59. The molecule has 1 N–H and O–H groups in total. The highest BCUT2D eigenvalue weighted by molar-refractivity contribution is 6.01. The molecular weight excluding hydrogens is 310 g/mol. The summed E-state index contributed by atoms with van der Waals surface area (Å²) < 4.78 is 0. The fraction of sp³-hybridized carbons (Fsp3) is 0.412. The molecule has 24 heavy (non-hydrogen) atoms. The Morgan fingerprint density at radius 3 is 2.75 bits per heavy atom. The van der Waals surface area contributed by atoms with Crippen LogP contribution in [0.3, 0.4) is 0 Å². The van der Waals surface area contributed by atoms with Crippen LogP contribution in [0.2, 0.25) is 0 Å². The molecule has 0 unspecified atom stereocenters. The van der Waals surface area contributed by atoms with Crippen molar-refractivity contribution in [3.8, 4) is 11.8 Å². The first-order chi connectivity index (χ1) is 11.4. The Morgan fingerprint density at radius 1 is 1.42 bits per heavy atom. The number of nitriles is 1. The van der Waals surface area contributed by atoms with Crippen molar-refractivity contribution in [1.82, 2.24) is 5.32 Å². The maximum Gasteiger partial charge on any atom is 0.262 e. The van der Waals surface area contributed by atoms with E-state index < -0.39 is 22.3 Å². The van der Waals surface area contributed by atoms with E-state index in [4.69, 9.17) is 0 Å². The van der Waals surface area contributed by atoms with Gasteiger partial charge in [-0.2, -0.15) is 5.26 Å². The number of carbonyl (C=O) groups excluding carboxylic acids is 1. The maximum absolute atomic E-state index is 12.3. The summed E-state index contributed by atoms with van der Waals surface area (Å²) in [5.74, 6) is -0.857. The van der Waals surface area contributed by atoms with Crippen LogP contribution in [0, 0.1) is 27.4 Å². The molecule has 1 aliphatic rings. The molecular formula is C17H18N3O4-. The van der Waals surface area contributed by atoms with E-state index in [-0.39, 0.29) is 17.2 Å². The Kier molecular flexibility index (Phi) is 5.53. The zero-order chi connectivity index (χ0) is 17.7. The SMILES string of the molecule is C[C@@H]1CCCC[C@H]1NC(=O)/C(C#N)=C/c1ccc([O-])c([N+](=O)[O-])c1. The van der Waals surface area contributed by atoms with Crippen LogP contribution < -0.4 is 10.4 Å². The topological polar surface area (TPSA) is 119 Å². The minimum atomic E-state index is -0.782. The molecule has 1 saturated carbocycles. The summed E-state index contributed by atoms with van der Waals surface area (Å²) in [6.07, 6.45) is 5.35. The van der Waals surface area contributed by atoms with Gasteiger partial charge in [0.1, 0.15) is 11.6 Å². The highest BCUT2D eigenvalue weighted by Gasteiger charge is 2.24. The van der Waals surface area contributed by atoms with Crippen molar-refractivity contribution < 1.29 is 14.8 Å². The van der Waals surface area contributed by atoms with Gasteiger partial charge in [0.25, 0.3) is 11.6 Å². The van der Waals surface area contributed by atoms with Gasteiger partial charge in [-0.25, -0.2) is 0 Å². The summed E-state index contributed by atoms with van der Waals surface area (Å²) in [5, 5.41) is 34.3. The van der Waals surface area contributed by atoms with E-state index in [9.17, 15) is 25.3 Å². The molecule has 0 heterocycles. The predicted octanol–water partition coefficient (Wildman–Crippen LogP) is 2.27. The molecule has 0 bridgehead atoms. The number of nitrogens with one attached hydrogen (secondary N) is 1. The molecule has 0 radical (unpaired) electrons. The lowest BCUT2D eigenvalue weighted by Crippen LogP contribution is -2.41. The second-order valence-electron chi connectivity index (χ2n) is 6.00. The third-order valence-electron chi connectivity index (χ3n) is 4.28. The average molecular weight is 328 g/mol. The standard InChI is InChI=1S/C17H19N3O4/c1-11-4-2-3-5-14(11)19-17(22)13(10-18)8-12-6-7-16(21)15(9-12)20(23)24/h6-9,11,14,21H,2-5H2,1H3,(H,19,22)/p-1/b13-8+/t11-,14-/m1/s1. The van der Waals surface area contributed by atoms with Gasteiger partial charge >= 0.3 is 0 Å². The number of nitro benzene ring substituents is 1. The van der Waals surface area contributed by atoms with Gasteiger partial charge in [0, 0.05) is 12.1 Å². The molecule has 0 spiro atoms. The number of hydrogen-bond acceptors (Lipinski definition) is 5. The van der Waals surface area contributed by atoms with Crippen molar-refractivity contribution in [1.29, 1.82) is 5.26 Å². The van der Waals surface area contributed by atoms with Crippen molar-refractivity contribution >= 4 is 17.7 Å². The van der Waals surface area contributed by atoms with Gasteiger partial charge in [-0.15, -0.1) is 0 Å². The molecule has 0 saturated heterocycles. The molecule has 126 valence electrons. The minimum Gasteiger partial charge on any atom is -0.868 e. The number of nitro groups is 1. The third kappa shape index (κ3) is 4.10. The smallest absolute Gasteiger partial charge is 0.262 e. The largest absolute Gasteiger partial charge is 0.868 e. The summed E-state index contributed by atoms with van der Waals surface area (Å²) in [7, 11) is 0. The monoisotopic (exact) mass is 328 g/mol. The maximum atomic E-state index is 12.3. The number of rotatable bonds is 4. The van der Waals surface area contributed by atoms with Gasteiger partial charge in [-0.1, -0.05) is 31.9 Å². The van der Waals surface area contributed by atoms with Crippen molar-refractivity contribution in [2.75, 3.05) is 0 Å². The lowest BCUT2D eigenvalue weighted by atomic mass is 9.86. The highest BCUT2D eigenvalue weighted by atomic mass is 16.6. The van der Waals surface area contributed by atoms with E-state index in [1.54, 1.807) is 0 Å². The first-order valence-corrected chi connectivity index (χ1v) is 7.80. The lowest BCUT2D eigenvalue weighted by Gasteiger charge is -2.29. The Hall–Kier alpha value is -2.88. The molecule has 1 aromatic carbocycles.